The Morgan fingerprint density at radius 3 is 2.47 bits per heavy atom. The molecule has 2 atom stereocenters. The molecule has 2 aromatic heterocycles. The predicted octanol–water partition coefficient (Wildman–Crippen LogP) is 3.09. The SMILES string of the molecule is CSCC[C@H](NC(=O)[C@H](NC(=O)c1ccccc1)C(C)C)c1nnc2ccccn12. The number of carbonyl (C=O) groups excluding carboxylic acids is 2. The van der Waals surface area contributed by atoms with Crippen molar-refractivity contribution in [3.8, 4) is 0 Å². The molecule has 0 radical (unpaired) electrons. The first-order valence-corrected chi connectivity index (χ1v) is 11.4. The van der Waals surface area contributed by atoms with E-state index in [9.17, 15) is 9.59 Å². The molecule has 30 heavy (non-hydrogen) atoms. The highest BCUT2D eigenvalue weighted by molar-refractivity contribution is 7.98. The van der Waals surface area contributed by atoms with Crippen molar-refractivity contribution in [3.63, 3.8) is 0 Å². The fourth-order valence-electron chi connectivity index (χ4n) is 3.21. The quantitative estimate of drug-likeness (QED) is 0.550. The van der Waals surface area contributed by atoms with E-state index in [0.29, 0.717) is 17.8 Å². The highest BCUT2D eigenvalue weighted by Gasteiger charge is 2.28. The Morgan fingerprint density at radius 2 is 1.77 bits per heavy atom. The van der Waals surface area contributed by atoms with Crippen LogP contribution in [0.4, 0.5) is 0 Å². The molecule has 0 spiro atoms. The van der Waals surface area contributed by atoms with Gasteiger partial charge >= 0.3 is 0 Å². The molecule has 0 aliphatic rings. The lowest BCUT2D eigenvalue weighted by atomic mass is 10.0. The van der Waals surface area contributed by atoms with Crippen LogP contribution in [0.3, 0.4) is 0 Å². The van der Waals surface area contributed by atoms with Gasteiger partial charge in [-0.25, -0.2) is 0 Å². The van der Waals surface area contributed by atoms with E-state index in [2.05, 4.69) is 20.8 Å². The van der Waals surface area contributed by atoms with Gasteiger partial charge in [-0.05, 0) is 48.6 Å². The Labute approximate surface area is 180 Å². The maximum Gasteiger partial charge on any atom is 0.251 e. The van der Waals surface area contributed by atoms with Crippen LogP contribution >= 0.6 is 11.8 Å². The van der Waals surface area contributed by atoms with Gasteiger partial charge in [0.2, 0.25) is 5.91 Å². The summed E-state index contributed by atoms with van der Waals surface area (Å²) in [6.07, 6.45) is 4.62. The van der Waals surface area contributed by atoms with Crippen molar-refractivity contribution < 1.29 is 9.59 Å². The molecule has 0 aliphatic heterocycles. The van der Waals surface area contributed by atoms with Crippen LogP contribution in [0, 0.1) is 5.92 Å². The van der Waals surface area contributed by atoms with Crippen LogP contribution in [0.2, 0.25) is 0 Å². The molecule has 3 rings (SSSR count). The van der Waals surface area contributed by atoms with Gasteiger partial charge in [-0.3, -0.25) is 14.0 Å². The maximum atomic E-state index is 13.2. The monoisotopic (exact) mass is 425 g/mol. The van der Waals surface area contributed by atoms with E-state index < -0.39 is 6.04 Å². The molecule has 0 bridgehead atoms. The zero-order valence-electron chi connectivity index (χ0n) is 17.4. The molecule has 0 saturated heterocycles. The van der Waals surface area contributed by atoms with E-state index in [0.717, 1.165) is 11.4 Å². The Morgan fingerprint density at radius 1 is 1.03 bits per heavy atom. The molecule has 0 aliphatic carbocycles. The fourth-order valence-corrected chi connectivity index (χ4v) is 3.68. The van der Waals surface area contributed by atoms with Gasteiger partial charge in [-0.2, -0.15) is 11.8 Å². The summed E-state index contributed by atoms with van der Waals surface area (Å²) < 4.78 is 1.89. The zero-order chi connectivity index (χ0) is 21.5. The summed E-state index contributed by atoms with van der Waals surface area (Å²) >= 11 is 1.70. The predicted molar refractivity (Wildman–Crippen MR) is 119 cm³/mol. The number of hydrogen-bond donors (Lipinski definition) is 2. The van der Waals surface area contributed by atoms with E-state index in [1.165, 1.54) is 0 Å². The summed E-state index contributed by atoms with van der Waals surface area (Å²) in [4.78, 5) is 25.8. The second kappa shape index (κ2) is 10.2. The van der Waals surface area contributed by atoms with Crippen LogP contribution in [0.15, 0.2) is 54.7 Å². The van der Waals surface area contributed by atoms with Gasteiger partial charge in [0.05, 0.1) is 6.04 Å². The second-order valence-electron chi connectivity index (χ2n) is 7.39. The molecule has 2 heterocycles. The molecule has 0 saturated carbocycles. The number of thioether (sulfide) groups is 1. The molecule has 0 unspecified atom stereocenters. The number of amides is 2. The third kappa shape index (κ3) is 5.18. The van der Waals surface area contributed by atoms with Crippen LogP contribution in [-0.4, -0.2) is 44.5 Å². The molecule has 8 heteroatoms. The summed E-state index contributed by atoms with van der Waals surface area (Å²) in [5, 5.41) is 14.5. The Bertz CT molecular complexity index is 989. The molecule has 1 aromatic carbocycles. The van der Waals surface area contributed by atoms with Crippen LogP contribution in [-0.2, 0) is 4.79 Å². The smallest absolute Gasteiger partial charge is 0.251 e. The number of benzene rings is 1. The lowest BCUT2D eigenvalue weighted by Gasteiger charge is -2.25. The van der Waals surface area contributed by atoms with Gasteiger partial charge in [-0.15, -0.1) is 10.2 Å². The summed E-state index contributed by atoms with van der Waals surface area (Å²) in [7, 11) is 0. The van der Waals surface area contributed by atoms with E-state index in [4.69, 9.17) is 0 Å². The first-order chi connectivity index (χ1) is 14.5. The average molecular weight is 426 g/mol. The number of rotatable bonds is 9. The lowest BCUT2D eigenvalue weighted by Crippen LogP contribution is -2.50. The molecule has 2 amide bonds. The average Bonchev–Trinajstić information content (AvgIpc) is 3.19. The summed E-state index contributed by atoms with van der Waals surface area (Å²) in [5.74, 6) is 0.972. The summed E-state index contributed by atoms with van der Waals surface area (Å²) in [6, 6.07) is 13.6. The van der Waals surface area contributed by atoms with E-state index in [1.54, 1.807) is 36.0 Å². The Kier molecular flexibility index (Phi) is 7.46. The highest BCUT2D eigenvalue weighted by atomic mass is 32.2. The normalized spacial score (nSPS) is 13.2. The first kappa shape index (κ1) is 21.8. The topological polar surface area (TPSA) is 88.4 Å². The molecule has 7 nitrogen and oxygen atoms in total. The molecule has 0 fully saturated rings. The van der Waals surface area contributed by atoms with Gasteiger partial charge in [0, 0.05) is 11.8 Å². The standard InChI is InChI=1S/C22H27N5O2S/c1-15(2)19(24-21(28)16-9-5-4-6-10-16)22(29)23-17(12-14-30-3)20-26-25-18-11-7-8-13-27(18)20/h4-11,13,15,17,19H,12,14H2,1-3H3,(H,23,29)(H,24,28)/t17-,19+/m0/s1. The summed E-state index contributed by atoms with van der Waals surface area (Å²) in [5.41, 5.74) is 1.26. The Hall–Kier alpha value is -2.87. The number of hydrogen-bond acceptors (Lipinski definition) is 5. The minimum atomic E-state index is -0.659. The minimum absolute atomic E-state index is 0.0750. The van der Waals surface area contributed by atoms with E-state index in [-0.39, 0.29) is 23.8 Å². The van der Waals surface area contributed by atoms with Crippen molar-refractivity contribution >= 4 is 29.2 Å². The lowest BCUT2D eigenvalue weighted by molar-refractivity contribution is -0.124. The van der Waals surface area contributed by atoms with Crippen LogP contribution < -0.4 is 10.6 Å². The van der Waals surface area contributed by atoms with Gasteiger partial charge < -0.3 is 10.6 Å². The van der Waals surface area contributed by atoms with Gasteiger partial charge in [0.15, 0.2) is 11.5 Å². The molecule has 2 N–H and O–H groups in total. The number of nitrogens with one attached hydrogen (secondary N) is 2. The molecule has 3 aromatic rings. The maximum absolute atomic E-state index is 13.2. The van der Waals surface area contributed by atoms with Crippen molar-refractivity contribution in [2.45, 2.75) is 32.4 Å². The van der Waals surface area contributed by atoms with Crippen molar-refractivity contribution in [3.05, 3.63) is 66.1 Å². The highest BCUT2D eigenvalue weighted by Crippen LogP contribution is 2.19. The zero-order valence-corrected chi connectivity index (χ0v) is 18.2. The van der Waals surface area contributed by atoms with Crippen molar-refractivity contribution in [1.82, 2.24) is 25.2 Å². The molecular formula is C22H27N5O2S. The molecular weight excluding hydrogens is 398 g/mol. The van der Waals surface area contributed by atoms with Gasteiger partial charge in [0.25, 0.3) is 5.91 Å². The number of aromatic nitrogens is 3. The number of fused-ring (bicyclic) bond motifs is 1. The van der Waals surface area contributed by atoms with Crippen LogP contribution in [0.1, 0.15) is 42.5 Å². The first-order valence-electron chi connectivity index (χ1n) is 9.96. The van der Waals surface area contributed by atoms with Crippen LogP contribution in [0.5, 0.6) is 0 Å². The summed E-state index contributed by atoms with van der Waals surface area (Å²) in [6.45, 7) is 3.83. The molecule has 158 valence electrons. The van der Waals surface area contributed by atoms with Gasteiger partial charge in [-0.1, -0.05) is 38.1 Å². The second-order valence-corrected chi connectivity index (χ2v) is 8.38. The number of carbonyl (C=O) groups is 2. The third-order valence-electron chi connectivity index (χ3n) is 4.85. The largest absolute Gasteiger partial charge is 0.344 e. The number of nitrogens with zero attached hydrogens (tertiary/aromatic N) is 3. The van der Waals surface area contributed by atoms with Crippen molar-refractivity contribution in [2.24, 2.45) is 5.92 Å². The van der Waals surface area contributed by atoms with E-state index in [1.807, 2.05) is 55.0 Å². The number of pyridine rings is 1. The third-order valence-corrected chi connectivity index (χ3v) is 5.49. The van der Waals surface area contributed by atoms with E-state index >= 15 is 0 Å². The Balaban J connectivity index is 1.79. The fraction of sp³-hybridized carbons (Fsp3) is 0.364. The van der Waals surface area contributed by atoms with Crippen LogP contribution in [0.25, 0.3) is 5.65 Å². The van der Waals surface area contributed by atoms with Gasteiger partial charge in [0.1, 0.15) is 6.04 Å². The minimum Gasteiger partial charge on any atom is -0.344 e. The van der Waals surface area contributed by atoms with Crippen molar-refractivity contribution in [1.29, 1.82) is 0 Å². The van der Waals surface area contributed by atoms with Crippen molar-refractivity contribution in [2.75, 3.05) is 12.0 Å².